The van der Waals surface area contributed by atoms with Crippen molar-refractivity contribution in [3.8, 4) is 11.1 Å². The predicted octanol–water partition coefficient (Wildman–Crippen LogP) is 0.560. The molecule has 0 heterocycles. The summed E-state index contributed by atoms with van der Waals surface area (Å²) in [4.78, 5) is 0. The Hall–Kier alpha value is -1.62. The molecule has 5 aromatic carbocycles. The summed E-state index contributed by atoms with van der Waals surface area (Å²) in [7, 11) is 0.759. The maximum absolute atomic E-state index is 3.30. The molecule has 0 aliphatic heterocycles. The second-order valence-electron chi connectivity index (χ2n) is 7.71. The van der Waals surface area contributed by atoms with Crippen LogP contribution in [0.2, 0.25) is 0 Å². The third-order valence-corrected chi connectivity index (χ3v) is 7.07. The Morgan fingerprint density at radius 3 is 2.30 bits per heavy atom. The Kier molecular flexibility index (Phi) is 10.7. The first-order valence-electron chi connectivity index (χ1n) is 10.3. The van der Waals surface area contributed by atoms with Crippen molar-refractivity contribution in [2.45, 2.75) is 13.3 Å². The molecule has 1 unspecified atom stereocenters. The molecule has 0 saturated carbocycles. The summed E-state index contributed by atoms with van der Waals surface area (Å²) in [6.45, 7) is 2.19. The van der Waals surface area contributed by atoms with Crippen molar-refractivity contribution in [2.24, 2.45) is 0 Å². The number of benzene rings is 4. The topological polar surface area (TPSA) is 0 Å². The van der Waals surface area contributed by atoms with Crippen LogP contribution in [0.15, 0.2) is 103 Å². The predicted molar refractivity (Wildman–Crippen MR) is 132 cm³/mol. The van der Waals surface area contributed by atoms with Gasteiger partial charge >= 0.3 is 26.2 Å². The number of fused-ring (bicyclic) bond motifs is 4. The number of hydrogen-bond donors (Lipinski definition) is 0. The first-order valence-corrected chi connectivity index (χ1v) is 11.3. The van der Waals surface area contributed by atoms with Crippen LogP contribution >= 0.6 is 8.58 Å². The SMILES string of the molecule is Cc1ccccc1Pc1cc2ccccc2[cH-]1.[Cl-].[Cl-].[Zr+4].[c-]1cccc2c1Cc1ccccc1-2. The third-order valence-electron chi connectivity index (χ3n) is 5.66. The molecule has 0 spiro atoms. The Morgan fingerprint density at radius 1 is 0.788 bits per heavy atom. The van der Waals surface area contributed by atoms with Crippen LogP contribution in [0.25, 0.3) is 21.9 Å². The summed E-state index contributed by atoms with van der Waals surface area (Å²) in [5.74, 6) is 0. The molecule has 1 aliphatic rings. The Morgan fingerprint density at radius 2 is 1.48 bits per heavy atom. The average Bonchev–Trinajstić information content (AvgIpc) is 3.36. The molecule has 0 bridgehead atoms. The number of halogens is 2. The van der Waals surface area contributed by atoms with Gasteiger partial charge in [-0.25, -0.2) is 0 Å². The maximum atomic E-state index is 3.30. The van der Waals surface area contributed by atoms with Gasteiger partial charge in [-0.3, -0.25) is 0 Å². The van der Waals surface area contributed by atoms with E-state index in [1.807, 2.05) is 6.07 Å². The van der Waals surface area contributed by atoms with E-state index in [0.29, 0.717) is 0 Å². The minimum absolute atomic E-state index is 0. The summed E-state index contributed by atoms with van der Waals surface area (Å²) < 4.78 is 0. The van der Waals surface area contributed by atoms with Gasteiger partial charge in [-0.15, -0.1) is 45.9 Å². The van der Waals surface area contributed by atoms with Gasteiger partial charge in [-0.2, -0.15) is 35.9 Å². The summed E-state index contributed by atoms with van der Waals surface area (Å²) in [5, 5.41) is 5.58. The third kappa shape index (κ3) is 6.29. The van der Waals surface area contributed by atoms with Crippen LogP contribution in [0.1, 0.15) is 16.7 Å². The first-order chi connectivity index (χ1) is 14.8. The zero-order valence-electron chi connectivity index (χ0n) is 18.3. The van der Waals surface area contributed by atoms with E-state index in [1.165, 1.54) is 49.2 Å². The molecule has 162 valence electrons. The molecule has 0 N–H and O–H groups in total. The summed E-state index contributed by atoms with van der Waals surface area (Å²) in [5.41, 5.74) is 6.90. The fourth-order valence-electron chi connectivity index (χ4n) is 4.09. The molecular weight excluding hydrogens is 541 g/mol. The van der Waals surface area contributed by atoms with E-state index in [4.69, 9.17) is 0 Å². The summed E-state index contributed by atoms with van der Waals surface area (Å²) >= 11 is 0. The van der Waals surface area contributed by atoms with Gasteiger partial charge in [-0.1, -0.05) is 74.3 Å². The van der Waals surface area contributed by atoms with Crippen molar-refractivity contribution in [3.05, 3.63) is 126 Å². The molecule has 4 heteroatoms. The normalized spacial score (nSPS) is 10.8. The van der Waals surface area contributed by atoms with Gasteiger partial charge < -0.3 is 24.8 Å². The van der Waals surface area contributed by atoms with E-state index in [-0.39, 0.29) is 51.0 Å². The molecule has 0 saturated heterocycles. The molecule has 0 radical (unpaired) electrons. The smallest absolute Gasteiger partial charge is 1.00 e. The number of rotatable bonds is 2. The molecule has 33 heavy (non-hydrogen) atoms. The van der Waals surface area contributed by atoms with Gasteiger partial charge in [0.05, 0.1) is 0 Å². The van der Waals surface area contributed by atoms with E-state index in [2.05, 4.69) is 110 Å². The van der Waals surface area contributed by atoms with E-state index in [0.717, 1.165) is 15.0 Å². The molecule has 5 aromatic rings. The van der Waals surface area contributed by atoms with Crippen molar-refractivity contribution in [3.63, 3.8) is 0 Å². The molecule has 0 aromatic heterocycles. The fourth-order valence-corrected chi connectivity index (χ4v) is 5.32. The molecule has 6 rings (SSSR count). The number of hydrogen-bond acceptors (Lipinski definition) is 0. The van der Waals surface area contributed by atoms with Gasteiger partial charge in [0.15, 0.2) is 0 Å². The first kappa shape index (κ1) is 27.6. The monoisotopic (exact) mass is 562 g/mol. The zero-order valence-corrected chi connectivity index (χ0v) is 23.2. The van der Waals surface area contributed by atoms with Gasteiger partial charge in [0.25, 0.3) is 0 Å². The van der Waals surface area contributed by atoms with Crippen molar-refractivity contribution in [1.29, 1.82) is 0 Å². The Labute approximate surface area is 229 Å². The second-order valence-corrected chi connectivity index (χ2v) is 9.08. The van der Waals surface area contributed by atoms with Gasteiger partial charge in [0, 0.05) is 0 Å². The van der Waals surface area contributed by atoms with Crippen LogP contribution in [-0.2, 0) is 32.6 Å². The quantitative estimate of drug-likeness (QED) is 0.213. The van der Waals surface area contributed by atoms with E-state index in [1.54, 1.807) is 0 Å². The molecule has 0 nitrogen and oxygen atoms in total. The van der Waals surface area contributed by atoms with Crippen LogP contribution in [0.3, 0.4) is 0 Å². The van der Waals surface area contributed by atoms with Crippen molar-refractivity contribution < 1.29 is 51.0 Å². The minimum Gasteiger partial charge on any atom is -1.00 e. The van der Waals surface area contributed by atoms with E-state index >= 15 is 0 Å². The van der Waals surface area contributed by atoms with Gasteiger partial charge in [0.2, 0.25) is 0 Å². The summed E-state index contributed by atoms with van der Waals surface area (Å²) in [6.07, 6.45) is 1.05. The van der Waals surface area contributed by atoms with Crippen molar-refractivity contribution in [2.75, 3.05) is 0 Å². The number of aryl methyl sites for hydroxylation is 1. The zero-order chi connectivity index (χ0) is 20.3. The van der Waals surface area contributed by atoms with Crippen LogP contribution in [0.4, 0.5) is 0 Å². The molecular formula is C29H23Cl2PZr. The van der Waals surface area contributed by atoms with E-state index in [9.17, 15) is 0 Å². The Bertz CT molecular complexity index is 1250. The molecule has 1 aliphatic carbocycles. The average molecular weight is 565 g/mol. The van der Waals surface area contributed by atoms with Crippen LogP contribution in [0.5, 0.6) is 0 Å². The molecule has 0 fully saturated rings. The maximum Gasteiger partial charge on any atom is 4.00 e. The largest absolute Gasteiger partial charge is 4.00 e. The van der Waals surface area contributed by atoms with Crippen LogP contribution in [-0.4, -0.2) is 0 Å². The second kappa shape index (κ2) is 12.7. The van der Waals surface area contributed by atoms with Crippen molar-refractivity contribution in [1.82, 2.24) is 0 Å². The standard InChI is InChI=1S/C16H14P.C13H9.2ClH.Zr/c1-12-6-2-5-9-16(12)17-15-10-13-7-3-4-8-14(13)11-15;1-3-7-12-10(5-1)9-11-6-2-4-8-13(11)12;;;/h2-11,17H,1H3;1-5,7-8H,9H2;2*1H;/q2*-1;;;+4/p-2. The van der Waals surface area contributed by atoms with Crippen LogP contribution < -0.4 is 35.4 Å². The fraction of sp³-hybridized carbons (Fsp3) is 0.0690. The Balaban J connectivity index is 0.000000220. The van der Waals surface area contributed by atoms with E-state index < -0.39 is 0 Å². The van der Waals surface area contributed by atoms with Crippen molar-refractivity contribution >= 4 is 30.0 Å². The molecule has 0 amide bonds. The van der Waals surface area contributed by atoms with Gasteiger partial charge in [-0.05, 0) is 24.2 Å². The van der Waals surface area contributed by atoms with Gasteiger partial charge in [0.1, 0.15) is 0 Å². The minimum atomic E-state index is 0. The molecule has 1 atom stereocenters. The van der Waals surface area contributed by atoms with Crippen LogP contribution in [0, 0.1) is 13.0 Å². The summed E-state index contributed by atoms with van der Waals surface area (Å²) in [6, 6.07) is 39.9.